The third-order valence-corrected chi connectivity index (χ3v) is 6.05. The second-order valence-electron chi connectivity index (χ2n) is 7.98. The van der Waals surface area contributed by atoms with E-state index in [1.54, 1.807) is 0 Å². The van der Waals surface area contributed by atoms with Gasteiger partial charge >= 0.3 is 0 Å². The number of fused-ring (bicyclic) bond motifs is 4. The molecule has 0 saturated heterocycles. The van der Waals surface area contributed by atoms with E-state index in [0.29, 0.717) is 0 Å². The van der Waals surface area contributed by atoms with Crippen molar-refractivity contribution in [3.63, 3.8) is 0 Å². The molecule has 1 aliphatic rings. The van der Waals surface area contributed by atoms with E-state index < -0.39 is 0 Å². The van der Waals surface area contributed by atoms with E-state index in [9.17, 15) is 0 Å². The fourth-order valence-electron chi connectivity index (χ4n) is 4.16. The lowest BCUT2D eigenvalue weighted by Gasteiger charge is -2.05. The van der Waals surface area contributed by atoms with E-state index in [4.69, 9.17) is 15.1 Å². The van der Waals surface area contributed by atoms with Gasteiger partial charge in [-0.3, -0.25) is 9.97 Å². The van der Waals surface area contributed by atoms with E-state index in [1.165, 1.54) is 0 Å². The average molecular weight is 369 g/mol. The summed E-state index contributed by atoms with van der Waals surface area (Å²) in [4.78, 5) is 22.1. The van der Waals surface area contributed by atoms with E-state index in [-0.39, 0.29) is 11.3 Å². The summed E-state index contributed by atoms with van der Waals surface area (Å²) >= 11 is 0. The van der Waals surface area contributed by atoms with E-state index >= 15 is 0 Å². The van der Waals surface area contributed by atoms with Crippen molar-refractivity contribution in [3.05, 3.63) is 59.7 Å². The number of aromatic amines is 1. The molecule has 1 aromatic carbocycles. The van der Waals surface area contributed by atoms with Gasteiger partial charge in [-0.25, -0.2) is 14.5 Å². The van der Waals surface area contributed by atoms with Crippen LogP contribution >= 0.6 is 0 Å². The topological polar surface area (TPSA) is 84.6 Å². The maximum atomic E-state index is 4.97. The zero-order chi connectivity index (χ0) is 19.0. The highest BCUT2D eigenvalue weighted by Gasteiger charge is 2.56. The molecule has 0 aliphatic heterocycles. The Morgan fingerprint density at radius 3 is 2.89 bits per heavy atom. The Hall–Kier alpha value is -3.35. The number of aromatic nitrogens is 7. The van der Waals surface area contributed by atoms with E-state index in [2.05, 4.69) is 34.0 Å². The summed E-state index contributed by atoms with van der Waals surface area (Å²) in [5, 5.41) is 5.85. The molecule has 6 rings (SSSR count). The maximum absolute atomic E-state index is 4.97. The Labute approximate surface area is 160 Å². The van der Waals surface area contributed by atoms with Crippen LogP contribution in [0.1, 0.15) is 42.3 Å². The number of nitrogens with zero attached hydrogens (tertiary/aromatic N) is 6. The molecule has 28 heavy (non-hydrogen) atoms. The van der Waals surface area contributed by atoms with Gasteiger partial charge in [0.2, 0.25) is 0 Å². The third kappa shape index (κ3) is 2.01. The van der Waals surface area contributed by atoms with Crippen molar-refractivity contribution in [2.45, 2.75) is 38.5 Å². The molecular weight excluding hydrogens is 350 g/mol. The summed E-state index contributed by atoms with van der Waals surface area (Å²) in [5.74, 6) is 2.11. The molecule has 7 nitrogen and oxygen atoms in total. The Bertz CT molecular complexity index is 1360. The van der Waals surface area contributed by atoms with Gasteiger partial charge in [-0.1, -0.05) is 6.92 Å². The average Bonchev–Trinajstić information content (AvgIpc) is 3.09. The quantitative estimate of drug-likeness (QED) is 0.514. The molecular formula is C21H19N7. The number of benzene rings is 1. The van der Waals surface area contributed by atoms with Crippen LogP contribution in [-0.2, 0) is 5.41 Å². The monoisotopic (exact) mass is 369 g/mol. The minimum absolute atomic E-state index is 0.0896. The number of aryl methyl sites for hydroxylation is 2. The van der Waals surface area contributed by atoms with E-state index in [0.717, 1.165) is 57.0 Å². The van der Waals surface area contributed by atoms with Gasteiger partial charge in [0.05, 0.1) is 27.9 Å². The van der Waals surface area contributed by atoms with Gasteiger partial charge < -0.3 is 4.98 Å². The fraction of sp³-hybridized carbons (Fsp3) is 0.286. The van der Waals surface area contributed by atoms with Crippen LogP contribution in [-0.4, -0.2) is 34.5 Å². The highest BCUT2D eigenvalue weighted by molar-refractivity contribution is 6.02. The molecule has 1 fully saturated rings. The third-order valence-electron chi connectivity index (χ3n) is 6.05. The van der Waals surface area contributed by atoms with Crippen molar-refractivity contribution in [2.24, 2.45) is 0 Å². The summed E-state index contributed by atoms with van der Waals surface area (Å²) in [5.41, 5.74) is 5.62. The van der Waals surface area contributed by atoms with Crippen LogP contribution in [0, 0.1) is 13.8 Å². The van der Waals surface area contributed by atoms with Crippen LogP contribution in [0.15, 0.2) is 36.7 Å². The molecule has 1 aliphatic carbocycles. The summed E-state index contributed by atoms with van der Waals surface area (Å²) in [6.07, 6.45) is 4.63. The van der Waals surface area contributed by atoms with Gasteiger partial charge in [-0.05, 0) is 44.5 Å². The van der Waals surface area contributed by atoms with Crippen molar-refractivity contribution >= 4 is 27.6 Å². The van der Waals surface area contributed by atoms with Crippen molar-refractivity contribution in [3.8, 4) is 0 Å². The molecule has 4 heterocycles. The van der Waals surface area contributed by atoms with Gasteiger partial charge in [0.15, 0.2) is 11.5 Å². The molecule has 0 spiro atoms. The number of hydrogen-bond donors (Lipinski definition) is 1. The summed E-state index contributed by atoms with van der Waals surface area (Å²) < 4.78 is 1.90. The smallest absolute Gasteiger partial charge is 0.177 e. The first-order chi connectivity index (χ1) is 13.5. The van der Waals surface area contributed by atoms with Crippen LogP contribution in [0.4, 0.5) is 0 Å². The van der Waals surface area contributed by atoms with Gasteiger partial charge in [-0.15, -0.1) is 0 Å². The number of H-pyrrole nitrogens is 1. The van der Waals surface area contributed by atoms with Crippen LogP contribution in [0.2, 0.25) is 0 Å². The molecule has 2 atom stereocenters. The minimum atomic E-state index is -0.0896. The number of pyridine rings is 1. The largest absolute Gasteiger partial charge is 0.341 e. The summed E-state index contributed by atoms with van der Waals surface area (Å²) in [6, 6.07) is 8.12. The Morgan fingerprint density at radius 2 is 2.04 bits per heavy atom. The lowest BCUT2D eigenvalue weighted by atomic mass is 10.1. The Kier molecular flexibility index (Phi) is 2.87. The highest BCUT2D eigenvalue weighted by Crippen LogP contribution is 2.58. The lowest BCUT2D eigenvalue weighted by Crippen LogP contribution is -2.07. The highest BCUT2D eigenvalue weighted by atomic mass is 15.3. The van der Waals surface area contributed by atoms with Crippen LogP contribution < -0.4 is 0 Å². The number of imidazole rings is 1. The van der Waals surface area contributed by atoms with Crippen LogP contribution in [0.5, 0.6) is 0 Å². The maximum Gasteiger partial charge on any atom is 0.177 e. The molecule has 2 unspecified atom stereocenters. The second-order valence-corrected chi connectivity index (χ2v) is 7.98. The molecule has 1 saturated carbocycles. The predicted molar refractivity (Wildman–Crippen MR) is 106 cm³/mol. The summed E-state index contributed by atoms with van der Waals surface area (Å²) in [7, 11) is 0. The second kappa shape index (κ2) is 5.13. The van der Waals surface area contributed by atoms with Crippen molar-refractivity contribution in [1.29, 1.82) is 0 Å². The van der Waals surface area contributed by atoms with Crippen molar-refractivity contribution in [2.75, 3.05) is 0 Å². The Morgan fingerprint density at radius 1 is 1.14 bits per heavy atom. The normalized spacial score (nSPS) is 21.8. The summed E-state index contributed by atoms with van der Waals surface area (Å²) in [6.45, 7) is 6.21. The zero-order valence-corrected chi connectivity index (χ0v) is 15.9. The van der Waals surface area contributed by atoms with Gasteiger partial charge in [0, 0.05) is 29.1 Å². The molecule has 0 bridgehead atoms. The molecule has 138 valence electrons. The molecule has 0 amide bonds. The van der Waals surface area contributed by atoms with E-state index in [1.807, 2.05) is 42.9 Å². The van der Waals surface area contributed by atoms with Crippen molar-refractivity contribution < 1.29 is 0 Å². The number of hydrogen-bond acceptors (Lipinski definition) is 5. The Balaban J connectivity index is 1.45. The molecule has 7 heteroatoms. The van der Waals surface area contributed by atoms with Gasteiger partial charge in [0.1, 0.15) is 5.82 Å². The lowest BCUT2D eigenvalue weighted by molar-refractivity contribution is 0.678. The molecule has 5 aromatic rings. The predicted octanol–water partition coefficient (Wildman–Crippen LogP) is 3.61. The van der Waals surface area contributed by atoms with Crippen LogP contribution in [0.25, 0.3) is 27.6 Å². The van der Waals surface area contributed by atoms with Gasteiger partial charge in [-0.2, -0.15) is 5.10 Å². The van der Waals surface area contributed by atoms with Gasteiger partial charge in [0.25, 0.3) is 0 Å². The zero-order valence-electron chi connectivity index (χ0n) is 15.9. The first-order valence-corrected chi connectivity index (χ1v) is 9.47. The molecule has 4 aromatic heterocycles. The minimum Gasteiger partial charge on any atom is -0.341 e. The first-order valence-electron chi connectivity index (χ1n) is 9.47. The SMILES string of the molecule is Cc1ncc(C)n2nc(C3CC3(C)c3nc4c(ccc5ncccc54)[nH]3)nc12. The fourth-order valence-corrected chi connectivity index (χ4v) is 4.16. The number of nitrogens with one attached hydrogen (secondary N) is 1. The van der Waals surface area contributed by atoms with Crippen molar-refractivity contribution in [1.82, 2.24) is 34.5 Å². The molecule has 0 radical (unpaired) electrons. The number of rotatable bonds is 2. The van der Waals surface area contributed by atoms with Crippen LogP contribution in [0.3, 0.4) is 0 Å². The standard InChI is InChI=1S/C21H19N7/c1-11-10-23-12(2)19-26-18(27-28(11)19)14-9-21(14,3)20-24-16-7-6-15-13(17(16)25-20)5-4-8-22-15/h4-8,10,14H,9H2,1-3H3,(H,24,25). The first kappa shape index (κ1) is 15.7. The molecule has 1 N–H and O–H groups in total.